The number of pyridine rings is 1. The first-order valence-electron chi connectivity index (χ1n) is 13.8. The number of hydrogen-bond donors (Lipinski definition) is 8. The summed E-state index contributed by atoms with van der Waals surface area (Å²) < 4.78 is 46.7. The standard InChI is InChI=1S/C23H41N5O16P4/c1-16(29)25(8-10-27(18(3)31)14-22(45(33,34)35)46(36,37)38)12-20-6-5-7-21(24-20)13-26(17(2)30)9-11-28(19(4)32)15-23(47(39,40)41)48(42,43)44/h5-7,22-23H,8-15H2,1-4H3,(H2,33,34,35)(H2,36,37,38)(H2,39,40,41)(H2,42,43,44). The molecule has 0 fully saturated rings. The van der Waals surface area contributed by atoms with E-state index in [0.717, 1.165) is 23.6 Å². The minimum atomic E-state index is -5.33. The van der Waals surface area contributed by atoms with Gasteiger partial charge in [-0.15, -0.1) is 0 Å². The van der Waals surface area contributed by atoms with Gasteiger partial charge in [0.15, 0.2) is 10.8 Å². The molecule has 0 aromatic carbocycles. The molecular weight excluding hydrogens is 726 g/mol. The van der Waals surface area contributed by atoms with E-state index in [1.165, 1.54) is 35.8 Å². The summed E-state index contributed by atoms with van der Waals surface area (Å²) in [4.78, 5) is 133. The molecule has 8 N–H and O–H groups in total. The van der Waals surface area contributed by atoms with E-state index < -0.39 is 77.9 Å². The molecule has 25 heteroatoms. The zero-order valence-electron chi connectivity index (χ0n) is 26.4. The van der Waals surface area contributed by atoms with Gasteiger partial charge in [-0.2, -0.15) is 0 Å². The van der Waals surface area contributed by atoms with Gasteiger partial charge in [-0.05, 0) is 12.1 Å². The second-order valence-corrected chi connectivity index (χ2v) is 18.8. The summed E-state index contributed by atoms with van der Waals surface area (Å²) in [6, 6.07) is 4.60. The number of aromatic nitrogens is 1. The van der Waals surface area contributed by atoms with Gasteiger partial charge in [0.1, 0.15) is 0 Å². The summed E-state index contributed by atoms with van der Waals surface area (Å²) in [7, 11) is -21.3. The van der Waals surface area contributed by atoms with Crippen LogP contribution in [0.5, 0.6) is 0 Å². The maximum Gasteiger partial charge on any atom is 0.342 e. The third kappa shape index (κ3) is 14.6. The fourth-order valence-corrected chi connectivity index (χ4v) is 9.02. The summed E-state index contributed by atoms with van der Waals surface area (Å²) in [6.07, 6.45) is 0. The molecule has 4 amide bonds. The van der Waals surface area contributed by atoms with Crippen molar-refractivity contribution < 1.29 is 76.6 Å². The lowest BCUT2D eigenvalue weighted by Crippen LogP contribution is -2.42. The Balaban J connectivity index is 3.10. The highest BCUT2D eigenvalue weighted by molar-refractivity contribution is 7.71. The van der Waals surface area contributed by atoms with Crippen LogP contribution in [0.25, 0.3) is 0 Å². The van der Waals surface area contributed by atoms with Crippen molar-refractivity contribution in [3.05, 3.63) is 29.6 Å². The molecule has 0 saturated heterocycles. The molecule has 0 bridgehead atoms. The Hall–Kier alpha value is -2.37. The van der Waals surface area contributed by atoms with Crippen LogP contribution in [0.1, 0.15) is 39.1 Å². The molecule has 0 spiro atoms. The second kappa shape index (κ2) is 17.5. The Labute approximate surface area is 275 Å². The maximum absolute atomic E-state index is 12.4. The number of hydrogen-bond acceptors (Lipinski definition) is 9. The fraction of sp³-hybridized carbons (Fsp3) is 0.609. The van der Waals surface area contributed by atoms with Crippen LogP contribution in [-0.2, 0) is 50.5 Å². The van der Waals surface area contributed by atoms with Crippen molar-refractivity contribution in [1.82, 2.24) is 24.6 Å². The van der Waals surface area contributed by atoms with Crippen molar-refractivity contribution in [3.63, 3.8) is 0 Å². The monoisotopic (exact) mass is 767 g/mol. The van der Waals surface area contributed by atoms with Gasteiger partial charge in [-0.3, -0.25) is 42.4 Å². The predicted molar refractivity (Wildman–Crippen MR) is 167 cm³/mol. The molecule has 0 radical (unpaired) electrons. The third-order valence-corrected chi connectivity index (χ3v) is 14.3. The van der Waals surface area contributed by atoms with Crippen LogP contribution < -0.4 is 0 Å². The lowest BCUT2D eigenvalue weighted by atomic mass is 10.2. The highest BCUT2D eigenvalue weighted by atomic mass is 31.2. The normalized spacial score (nSPS) is 12.6. The largest absolute Gasteiger partial charge is 0.342 e. The summed E-state index contributed by atoms with van der Waals surface area (Å²) in [5.74, 6) is -2.55. The van der Waals surface area contributed by atoms with Crippen molar-refractivity contribution >= 4 is 54.0 Å². The van der Waals surface area contributed by atoms with Gasteiger partial charge in [-0.1, -0.05) is 6.07 Å². The SMILES string of the molecule is CC(=O)N(CCN(CC(P(=O)(O)O)P(=O)(O)O)C(C)=O)Cc1cccc(CN(CCN(CC(P(=O)(O)O)P(=O)(O)O)C(C)=O)C(C)=O)n1. The number of nitrogens with zero attached hydrogens (tertiary/aromatic N) is 5. The molecule has 0 atom stereocenters. The van der Waals surface area contributed by atoms with Crippen molar-refractivity contribution in [2.45, 2.75) is 51.6 Å². The van der Waals surface area contributed by atoms with Crippen LogP contribution in [0, 0.1) is 0 Å². The van der Waals surface area contributed by atoms with E-state index in [9.17, 15) is 76.6 Å². The van der Waals surface area contributed by atoms with Gasteiger partial charge in [0.05, 0.1) is 24.5 Å². The molecule has 21 nitrogen and oxygen atoms in total. The zero-order chi connectivity index (χ0) is 37.4. The summed E-state index contributed by atoms with van der Waals surface area (Å²) in [6.45, 7) is 1.01. The molecule has 1 aromatic rings. The van der Waals surface area contributed by atoms with Crippen LogP contribution in [0.2, 0.25) is 0 Å². The molecule has 0 aliphatic rings. The number of carbonyl (C=O) groups is 4. The minimum Gasteiger partial charge on any atom is -0.340 e. The summed E-state index contributed by atoms with van der Waals surface area (Å²) in [5.41, 5.74) is 0.584. The Morgan fingerprint density at radius 1 is 0.542 bits per heavy atom. The Bertz CT molecular complexity index is 1370. The molecule has 0 saturated carbocycles. The van der Waals surface area contributed by atoms with Gasteiger partial charge in [0.2, 0.25) is 23.6 Å². The van der Waals surface area contributed by atoms with Gasteiger partial charge in [0, 0.05) is 67.0 Å². The van der Waals surface area contributed by atoms with E-state index >= 15 is 0 Å². The van der Waals surface area contributed by atoms with Crippen LogP contribution in [-0.4, -0.2) is 137 Å². The lowest BCUT2D eigenvalue weighted by molar-refractivity contribution is -0.133. The molecule has 0 aliphatic heterocycles. The van der Waals surface area contributed by atoms with E-state index in [1.807, 2.05) is 0 Å². The Kier molecular flexibility index (Phi) is 15.9. The number of rotatable bonds is 18. The van der Waals surface area contributed by atoms with Gasteiger partial charge in [-0.25, -0.2) is 0 Å². The first-order valence-corrected chi connectivity index (χ1v) is 20.5. The summed E-state index contributed by atoms with van der Waals surface area (Å²) in [5, 5.41) is -4.94. The first-order chi connectivity index (χ1) is 21.6. The molecule has 1 aromatic heterocycles. The Morgan fingerprint density at radius 3 is 1.02 bits per heavy atom. The number of carbonyl (C=O) groups excluding carboxylic acids is 4. The lowest BCUT2D eigenvalue weighted by Gasteiger charge is -2.30. The highest BCUT2D eigenvalue weighted by Gasteiger charge is 2.46. The minimum absolute atomic E-state index is 0.153. The molecule has 0 aliphatic carbocycles. The van der Waals surface area contributed by atoms with E-state index in [2.05, 4.69) is 4.98 Å². The molecule has 1 heterocycles. The van der Waals surface area contributed by atoms with Gasteiger partial charge < -0.3 is 58.7 Å². The van der Waals surface area contributed by atoms with Crippen molar-refractivity contribution in [3.8, 4) is 0 Å². The van der Waals surface area contributed by atoms with E-state index in [4.69, 9.17) is 0 Å². The maximum atomic E-state index is 12.4. The van der Waals surface area contributed by atoms with Crippen LogP contribution in [0.15, 0.2) is 18.2 Å². The first kappa shape index (κ1) is 43.7. The highest BCUT2D eigenvalue weighted by Crippen LogP contribution is 2.60. The molecule has 274 valence electrons. The van der Waals surface area contributed by atoms with Crippen molar-refractivity contribution in [2.24, 2.45) is 0 Å². The van der Waals surface area contributed by atoms with Gasteiger partial charge in [0.25, 0.3) is 0 Å². The van der Waals surface area contributed by atoms with Crippen LogP contribution in [0.3, 0.4) is 0 Å². The van der Waals surface area contributed by atoms with Crippen LogP contribution >= 0.6 is 30.4 Å². The Morgan fingerprint density at radius 2 is 0.792 bits per heavy atom. The smallest absolute Gasteiger partial charge is 0.340 e. The molecule has 0 unspecified atom stereocenters. The average Bonchev–Trinajstić information content (AvgIpc) is 2.88. The van der Waals surface area contributed by atoms with Gasteiger partial charge >= 0.3 is 30.4 Å². The fourth-order valence-electron chi connectivity index (χ4n) is 4.24. The van der Waals surface area contributed by atoms with E-state index in [1.54, 1.807) is 6.07 Å². The van der Waals surface area contributed by atoms with Crippen molar-refractivity contribution in [1.29, 1.82) is 0 Å². The molecule has 1 rings (SSSR count). The molecular formula is C23H41N5O16P4. The second-order valence-electron chi connectivity index (χ2n) is 10.7. The third-order valence-electron chi connectivity index (χ3n) is 6.95. The quantitative estimate of drug-likeness (QED) is 0.0817. The predicted octanol–water partition coefficient (Wildman–Crippen LogP) is -1.16. The topological polar surface area (TPSA) is 324 Å². The number of amides is 4. The van der Waals surface area contributed by atoms with E-state index in [0.29, 0.717) is 11.4 Å². The molecule has 48 heavy (non-hydrogen) atoms. The zero-order valence-corrected chi connectivity index (χ0v) is 30.0. The summed E-state index contributed by atoms with van der Waals surface area (Å²) >= 11 is 0. The average molecular weight is 767 g/mol. The van der Waals surface area contributed by atoms with Crippen LogP contribution in [0.4, 0.5) is 0 Å². The van der Waals surface area contributed by atoms with E-state index in [-0.39, 0.29) is 39.3 Å². The van der Waals surface area contributed by atoms with Crippen molar-refractivity contribution in [2.75, 3.05) is 39.3 Å².